The molecule has 24 heavy (non-hydrogen) atoms. The number of hydrogen-bond acceptors (Lipinski definition) is 2. The Balaban J connectivity index is 2.08. The minimum Gasteiger partial charge on any atom is -0.327 e. The summed E-state index contributed by atoms with van der Waals surface area (Å²) in [5.41, 5.74) is 1.03. The van der Waals surface area contributed by atoms with Gasteiger partial charge in [0.05, 0.1) is 6.04 Å². The summed E-state index contributed by atoms with van der Waals surface area (Å²) in [7, 11) is 0. The third-order valence-electron chi connectivity index (χ3n) is 3.67. The number of nitrogens with zero attached hydrogens (tertiary/aromatic N) is 1. The van der Waals surface area contributed by atoms with E-state index in [1.54, 1.807) is 0 Å². The van der Waals surface area contributed by atoms with Crippen LogP contribution >= 0.6 is 0 Å². The van der Waals surface area contributed by atoms with Gasteiger partial charge in [-0.3, -0.25) is 9.59 Å². The summed E-state index contributed by atoms with van der Waals surface area (Å²) in [6, 6.07) is 12.1. The van der Waals surface area contributed by atoms with Crippen molar-refractivity contribution in [3.63, 3.8) is 0 Å². The molecule has 1 N–H and O–H groups in total. The van der Waals surface area contributed by atoms with Gasteiger partial charge in [0.2, 0.25) is 11.8 Å². The first-order chi connectivity index (χ1) is 11.4. The molecule has 2 amide bonds. The van der Waals surface area contributed by atoms with E-state index in [0.29, 0.717) is 0 Å². The lowest BCUT2D eigenvalue weighted by molar-refractivity contribution is -0.134. The summed E-state index contributed by atoms with van der Waals surface area (Å²) in [6.07, 6.45) is 0. The minimum atomic E-state index is -1.05. The van der Waals surface area contributed by atoms with Crippen molar-refractivity contribution in [1.82, 2.24) is 4.90 Å². The van der Waals surface area contributed by atoms with Gasteiger partial charge in [0.25, 0.3) is 0 Å². The molecule has 0 heterocycles. The van der Waals surface area contributed by atoms with Crippen molar-refractivity contribution in [3.05, 3.63) is 65.7 Å². The summed E-state index contributed by atoms with van der Waals surface area (Å²) in [5, 5.41) is 2.46. The number of anilines is 1. The second kappa shape index (κ2) is 7.68. The molecule has 0 fully saturated rings. The van der Waals surface area contributed by atoms with E-state index < -0.39 is 17.5 Å². The Morgan fingerprint density at radius 2 is 1.75 bits per heavy atom. The van der Waals surface area contributed by atoms with Gasteiger partial charge in [-0.25, -0.2) is 8.78 Å². The van der Waals surface area contributed by atoms with E-state index in [-0.39, 0.29) is 24.2 Å². The summed E-state index contributed by atoms with van der Waals surface area (Å²) < 4.78 is 26.1. The molecule has 1 unspecified atom stereocenters. The number of benzene rings is 2. The van der Waals surface area contributed by atoms with Crippen LogP contribution in [0.5, 0.6) is 0 Å². The number of rotatable bonds is 5. The molecule has 2 aromatic rings. The van der Waals surface area contributed by atoms with Crippen molar-refractivity contribution in [1.29, 1.82) is 0 Å². The quantitative estimate of drug-likeness (QED) is 0.911. The zero-order valence-electron chi connectivity index (χ0n) is 13.4. The highest BCUT2D eigenvalue weighted by atomic mass is 19.2. The molecular formula is C18H18F2N2O2. The number of carbonyl (C=O) groups is 2. The number of carbonyl (C=O) groups excluding carboxylic acids is 2. The van der Waals surface area contributed by atoms with E-state index >= 15 is 0 Å². The first-order valence-electron chi connectivity index (χ1n) is 7.45. The maximum atomic E-state index is 13.2. The Hall–Kier alpha value is -2.76. The number of amides is 2. The molecule has 0 radical (unpaired) electrons. The summed E-state index contributed by atoms with van der Waals surface area (Å²) in [5.74, 6) is -2.78. The van der Waals surface area contributed by atoms with Crippen molar-refractivity contribution in [2.24, 2.45) is 0 Å². The zero-order valence-corrected chi connectivity index (χ0v) is 13.4. The molecule has 0 aliphatic carbocycles. The van der Waals surface area contributed by atoms with Crippen molar-refractivity contribution in [2.45, 2.75) is 19.9 Å². The number of nitrogens with one attached hydrogen (secondary N) is 1. The van der Waals surface area contributed by atoms with Gasteiger partial charge >= 0.3 is 0 Å². The Bertz CT molecular complexity index is 735. The fourth-order valence-electron chi connectivity index (χ4n) is 2.36. The molecule has 0 spiro atoms. The van der Waals surface area contributed by atoms with Crippen LogP contribution in [0.3, 0.4) is 0 Å². The first kappa shape index (κ1) is 17.6. The van der Waals surface area contributed by atoms with Gasteiger partial charge in [-0.1, -0.05) is 30.3 Å². The summed E-state index contributed by atoms with van der Waals surface area (Å²) in [6.45, 7) is 3.01. The minimum absolute atomic E-state index is 0.134. The molecule has 2 rings (SSSR count). The SMILES string of the molecule is CC(=O)N(CC(=O)Nc1ccc(F)c(F)c1)C(C)c1ccccc1. The highest BCUT2D eigenvalue weighted by Gasteiger charge is 2.21. The second-order valence-corrected chi connectivity index (χ2v) is 5.41. The third-order valence-corrected chi connectivity index (χ3v) is 3.67. The van der Waals surface area contributed by atoms with Crippen molar-refractivity contribution >= 4 is 17.5 Å². The highest BCUT2D eigenvalue weighted by Crippen LogP contribution is 2.20. The Kier molecular flexibility index (Phi) is 5.63. The Labute approximate surface area is 139 Å². The third kappa shape index (κ3) is 4.38. The molecule has 4 nitrogen and oxygen atoms in total. The lowest BCUT2D eigenvalue weighted by Gasteiger charge is -2.28. The summed E-state index contributed by atoms with van der Waals surface area (Å²) in [4.78, 5) is 25.4. The van der Waals surface area contributed by atoms with E-state index in [0.717, 1.165) is 17.7 Å². The van der Waals surface area contributed by atoms with E-state index in [2.05, 4.69) is 5.32 Å². The lowest BCUT2D eigenvalue weighted by Crippen LogP contribution is -2.38. The zero-order chi connectivity index (χ0) is 17.7. The van der Waals surface area contributed by atoms with Gasteiger partial charge in [0.15, 0.2) is 11.6 Å². The van der Waals surface area contributed by atoms with Crippen molar-refractivity contribution < 1.29 is 18.4 Å². The average molecular weight is 332 g/mol. The molecule has 0 aliphatic rings. The van der Waals surface area contributed by atoms with Gasteiger partial charge < -0.3 is 10.2 Å². The van der Waals surface area contributed by atoms with Crippen molar-refractivity contribution in [3.8, 4) is 0 Å². The van der Waals surface area contributed by atoms with E-state index in [1.807, 2.05) is 37.3 Å². The Morgan fingerprint density at radius 1 is 1.08 bits per heavy atom. The second-order valence-electron chi connectivity index (χ2n) is 5.41. The molecule has 0 aliphatic heterocycles. The maximum Gasteiger partial charge on any atom is 0.244 e. The van der Waals surface area contributed by atoms with Gasteiger partial charge in [0.1, 0.15) is 6.54 Å². The van der Waals surface area contributed by atoms with Gasteiger partial charge in [-0.2, -0.15) is 0 Å². The van der Waals surface area contributed by atoms with Crippen LogP contribution in [0, 0.1) is 11.6 Å². The van der Waals surface area contributed by atoms with Gasteiger partial charge in [0, 0.05) is 18.7 Å². The fraction of sp³-hybridized carbons (Fsp3) is 0.222. The number of halogens is 2. The monoisotopic (exact) mass is 332 g/mol. The fourth-order valence-corrected chi connectivity index (χ4v) is 2.36. The molecule has 2 aromatic carbocycles. The van der Waals surface area contributed by atoms with Crippen LogP contribution in [0.4, 0.5) is 14.5 Å². The predicted molar refractivity (Wildman–Crippen MR) is 87.2 cm³/mol. The molecule has 126 valence electrons. The van der Waals surface area contributed by atoms with E-state index in [9.17, 15) is 18.4 Å². The van der Waals surface area contributed by atoms with E-state index in [1.165, 1.54) is 17.9 Å². The van der Waals surface area contributed by atoms with Crippen LogP contribution in [0.15, 0.2) is 48.5 Å². The van der Waals surface area contributed by atoms with Crippen LogP contribution in [-0.4, -0.2) is 23.3 Å². The first-order valence-corrected chi connectivity index (χ1v) is 7.45. The molecule has 0 saturated heterocycles. The summed E-state index contributed by atoms with van der Waals surface area (Å²) >= 11 is 0. The average Bonchev–Trinajstić information content (AvgIpc) is 2.56. The van der Waals surface area contributed by atoms with Gasteiger partial charge in [-0.05, 0) is 24.6 Å². The topological polar surface area (TPSA) is 49.4 Å². The van der Waals surface area contributed by atoms with Gasteiger partial charge in [-0.15, -0.1) is 0 Å². The van der Waals surface area contributed by atoms with Crippen LogP contribution in [0.1, 0.15) is 25.5 Å². The van der Waals surface area contributed by atoms with Crippen LogP contribution in [0.2, 0.25) is 0 Å². The largest absolute Gasteiger partial charge is 0.327 e. The predicted octanol–water partition coefficient (Wildman–Crippen LogP) is 3.51. The lowest BCUT2D eigenvalue weighted by atomic mass is 10.1. The van der Waals surface area contributed by atoms with E-state index in [4.69, 9.17) is 0 Å². The standard InChI is InChI=1S/C18H18F2N2O2/c1-12(14-6-4-3-5-7-14)22(13(2)23)11-18(24)21-15-8-9-16(19)17(20)10-15/h3-10,12H,11H2,1-2H3,(H,21,24). The van der Waals surface area contributed by atoms with Crippen molar-refractivity contribution in [2.75, 3.05) is 11.9 Å². The van der Waals surface area contributed by atoms with Crippen LogP contribution in [0.25, 0.3) is 0 Å². The van der Waals surface area contributed by atoms with Crippen LogP contribution in [-0.2, 0) is 9.59 Å². The van der Waals surface area contributed by atoms with Crippen LogP contribution < -0.4 is 5.32 Å². The maximum absolute atomic E-state index is 13.2. The number of hydrogen-bond donors (Lipinski definition) is 1. The molecule has 0 saturated carbocycles. The molecular weight excluding hydrogens is 314 g/mol. The Morgan fingerprint density at radius 3 is 2.33 bits per heavy atom. The smallest absolute Gasteiger partial charge is 0.244 e. The molecule has 0 aromatic heterocycles. The molecule has 1 atom stereocenters. The molecule has 0 bridgehead atoms. The highest BCUT2D eigenvalue weighted by molar-refractivity contribution is 5.94. The molecule has 6 heteroatoms. The normalized spacial score (nSPS) is 11.7.